The van der Waals surface area contributed by atoms with Crippen molar-refractivity contribution in [2.45, 2.75) is 84.0 Å². The van der Waals surface area contributed by atoms with Gasteiger partial charge in [-0.1, -0.05) is 94.3 Å². The molecule has 0 heterocycles. The number of amides is 2. The molecular formula is C31H41Cl2N3O5. The summed E-state index contributed by atoms with van der Waals surface area (Å²) in [7, 11) is 1.44. The predicted octanol–water partition coefficient (Wildman–Crippen LogP) is 7.49. The molecule has 10 heteroatoms. The van der Waals surface area contributed by atoms with Crippen molar-refractivity contribution < 1.29 is 23.9 Å². The fourth-order valence-electron chi connectivity index (χ4n) is 4.07. The zero-order chi connectivity index (χ0) is 29.9. The maximum absolute atomic E-state index is 12.5. The number of halogens is 2. The van der Waals surface area contributed by atoms with Gasteiger partial charge in [-0.15, -0.1) is 0 Å². The zero-order valence-electron chi connectivity index (χ0n) is 24.0. The Hall–Kier alpha value is -3.10. The standard InChI is InChI=1S/C31H41Cl2N3O5/c1-3-4-5-6-7-8-9-10-11-12-13-14-29(37)34-22-30(38)36-35-21-23-15-18-27(28(19-23)40-2)41-31(39)24-16-17-25(32)26(33)20-24/h15-21H,3-14,22H2,1-2H3,(H,34,37)(H,36,38)/b35-21+. The summed E-state index contributed by atoms with van der Waals surface area (Å²) in [5.41, 5.74) is 3.21. The van der Waals surface area contributed by atoms with E-state index in [9.17, 15) is 14.4 Å². The van der Waals surface area contributed by atoms with Gasteiger partial charge in [0, 0.05) is 6.42 Å². The molecule has 0 aromatic heterocycles. The molecule has 0 aliphatic heterocycles. The summed E-state index contributed by atoms with van der Waals surface area (Å²) in [6.45, 7) is 2.08. The van der Waals surface area contributed by atoms with Crippen LogP contribution in [-0.2, 0) is 9.59 Å². The molecule has 0 radical (unpaired) electrons. The predicted molar refractivity (Wildman–Crippen MR) is 164 cm³/mol. The second-order valence-electron chi connectivity index (χ2n) is 9.78. The van der Waals surface area contributed by atoms with Crippen LogP contribution in [0.25, 0.3) is 0 Å². The van der Waals surface area contributed by atoms with Gasteiger partial charge in [0.1, 0.15) is 0 Å². The molecule has 2 amide bonds. The van der Waals surface area contributed by atoms with Gasteiger partial charge in [0.25, 0.3) is 5.91 Å². The summed E-state index contributed by atoms with van der Waals surface area (Å²) >= 11 is 11.9. The first-order chi connectivity index (χ1) is 19.8. The van der Waals surface area contributed by atoms with Crippen molar-refractivity contribution in [1.29, 1.82) is 0 Å². The van der Waals surface area contributed by atoms with Crippen LogP contribution in [0.3, 0.4) is 0 Å². The van der Waals surface area contributed by atoms with E-state index in [1.165, 1.54) is 82.9 Å². The molecule has 0 aliphatic rings. The van der Waals surface area contributed by atoms with E-state index in [2.05, 4.69) is 22.8 Å². The van der Waals surface area contributed by atoms with Gasteiger partial charge in [-0.25, -0.2) is 10.2 Å². The third kappa shape index (κ3) is 13.9. The Bertz CT molecular complexity index is 1160. The Labute approximate surface area is 253 Å². The summed E-state index contributed by atoms with van der Waals surface area (Å²) in [6.07, 6.45) is 15.2. The highest BCUT2D eigenvalue weighted by Gasteiger charge is 2.14. The van der Waals surface area contributed by atoms with E-state index >= 15 is 0 Å². The van der Waals surface area contributed by atoms with Gasteiger partial charge in [-0.3, -0.25) is 9.59 Å². The number of hydrazone groups is 1. The van der Waals surface area contributed by atoms with Crippen molar-refractivity contribution >= 4 is 47.2 Å². The van der Waals surface area contributed by atoms with Gasteiger partial charge in [0.05, 0.1) is 35.5 Å². The molecule has 41 heavy (non-hydrogen) atoms. The van der Waals surface area contributed by atoms with Gasteiger partial charge in [-0.2, -0.15) is 5.10 Å². The number of carbonyl (C=O) groups is 3. The van der Waals surface area contributed by atoms with Crippen molar-refractivity contribution in [2.24, 2.45) is 5.10 Å². The van der Waals surface area contributed by atoms with E-state index in [0.717, 1.165) is 19.3 Å². The van der Waals surface area contributed by atoms with E-state index < -0.39 is 11.9 Å². The van der Waals surface area contributed by atoms with Crippen molar-refractivity contribution in [3.8, 4) is 11.5 Å². The van der Waals surface area contributed by atoms with Crippen LogP contribution in [0.2, 0.25) is 10.0 Å². The monoisotopic (exact) mass is 605 g/mol. The van der Waals surface area contributed by atoms with E-state index in [1.54, 1.807) is 18.2 Å². The molecule has 0 atom stereocenters. The van der Waals surface area contributed by atoms with E-state index in [-0.39, 0.29) is 28.8 Å². The lowest BCUT2D eigenvalue weighted by Gasteiger charge is -2.10. The molecule has 0 aliphatic carbocycles. The summed E-state index contributed by atoms with van der Waals surface area (Å²) in [4.78, 5) is 36.5. The Morgan fingerprint density at radius 2 is 1.46 bits per heavy atom. The molecule has 2 N–H and O–H groups in total. The third-order valence-corrected chi connectivity index (χ3v) is 7.14. The molecule has 0 unspecified atom stereocenters. The molecule has 0 saturated carbocycles. The maximum Gasteiger partial charge on any atom is 0.343 e. The number of hydrogen-bond donors (Lipinski definition) is 2. The quantitative estimate of drug-likeness (QED) is 0.0567. The summed E-state index contributed by atoms with van der Waals surface area (Å²) in [5.74, 6) is -0.710. The van der Waals surface area contributed by atoms with Crippen molar-refractivity contribution in [2.75, 3.05) is 13.7 Å². The Morgan fingerprint density at radius 1 is 0.805 bits per heavy atom. The molecule has 0 saturated heterocycles. The van der Waals surface area contributed by atoms with Crippen molar-refractivity contribution in [3.63, 3.8) is 0 Å². The largest absolute Gasteiger partial charge is 0.493 e. The Kier molecular flexibility index (Phi) is 16.5. The molecule has 2 rings (SSSR count). The first-order valence-electron chi connectivity index (χ1n) is 14.3. The van der Waals surface area contributed by atoms with E-state index in [0.29, 0.717) is 22.8 Å². The topological polar surface area (TPSA) is 106 Å². The number of benzene rings is 2. The number of rotatable bonds is 19. The number of esters is 1. The normalized spacial score (nSPS) is 10.9. The minimum absolute atomic E-state index is 0.143. The lowest BCUT2D eigenvalue weighted by molar-refractivity contribution is -0.126. The zero-order valence-corrected chi connectivity index (χ0v) is 25.5. The molecule has 0 bridgehead atoms. The van der Waals surface area contributed by atoms with Crippen molar-refractivity contribution in [3.05, 3.63) is 57.6 Å². The number of nitrogens with one attached hydrogen (secondary N) is 2. The number of unbranched alkanes of at least 4 members (excludes halogenated alkanes) is 10. The molecule has 0 fully saturated rings. The smallest absolute Gasteiger partial charge is 0.343 e. The number of carbonyl (C=O) groups excluding carboxylic acids is 3. The van der Waals surface area contributed by atoms with Crippen LogP contribution < -0.4 is 20.2 Å². The van der Waals surface area contributed by atoms with Gasteiger partial charge in [0.15, 0.2) is 11.5 Å². The van der Waals surface area contributed by atoms with Crippen LogP contribution in [0.1, 0.15) is 99.9 Å². The average Bonchev–Trinajstić information content (AvgIpc) is 2.96. The number of nitrogens with zero attached hydrogens (tertiary/aromatic N) is 1. The Balaban J connectivity index is 1.65. The first-order valence-corrected chi connectivity index (χ1v) is 15.0. The van der Waals surface area contributed by atoms with Crippen LogP contribution in [0.15, 0.2) is 41.5 Å². The molecule has 8 nitrogen and oxygen atoms in total. The van der Waals surface area contributed by atoms with E-state index in [4.69, 9.17) is 32.7 Å². The fraction of sp³-hybridized carbons (Fsp3) is 0.484. The van der Waals surface area contributed by atoms with Crippen LogP contribution in [0.5, 0.6) is 11.5 Å². The minimum Gasteiger partial charge on any atom is -0.493 e. The van der Waals surface area contributed by atoms with E-state index in [1.807, 2.05) is 0 Å². The third-order valence-electron chi connectivity index (χ3n) is 6.40. The molecule has 224 valence electrons. The van der Waals surface area contributed by atoms with Crippen LogP contribution in [-0.4, -0.2) is 37.7 Å². The van der Waals surface area contributed by atoms with Crippen LogP contribution >= 0.6 is 23.2 Å². The van der Waals surface area contributed by atoms with Crippen LogP contribution in [0.4, 0.5) is 0 Å². The van der Waals surface area contributed by atoms with Gasteiger partial charge in [-0.05, 0) is 48.4 Å². The lowest BCUT2D eigenvalue weighted by Crippen LogP contribution is -2.34. The SMILES string of the molecule is CCCCCCCCCCCCCC(=O)NCC(=O)N/N=C/c1ccc(OC(=O)c2ccc(Cl)c(Cl)c2)c(OC)c1. The molecule has 2 aromatic rings. The molecular weight excluding hydrogens is 565 g/mol. The highest BCUT2D eigenvalue weighted by molar-refractivity contribution is 6.42. The molecule has 2 aromatic carbocycles. The summed E-state index contributed by atoms with van der Waals surface area (Å²) < 4.78 is 10.7. The second-order valence-corrected chi connectivity index (χ2v) is 10.6. The van der Waals surface area contributed by atoms with Crippen molar-refractivity contribution in [1.82, 2.24) is 10.7 Å². The highest BCUT2D eigenvalue weighted by Crippen LogP contribution is 2.29. The van der Waals surface area contributed by atoms with Gasteiger partial charge >= 0.3 is 5.97 Å². The number of methoxy groups -OCH3 is 1. The minimum atomic E-state index is -0.624. The number of ether oxygens (including phenoxy) is 2. The van der Waals surface area contributed by atoms with Crippen LogP contribution in [0, 0.1) is 0 Å². The second kappa shape index (κ2) is 19.9. The number of hydrogen-bond acceptors (Lipinski definition) is 6. The fourth-order valence-corrected chi connectivity index (χ4v) is 4.36. The summed E-state index contributed by atoms with van der Waals surface area (Å²) in [5, 5.41) is 7.11. The average molecular weight is 607 g/mol. The lowest BCUT2D eigenvalue weighted by atomic mass is 10.1. The summed E-state index contributed by atoms with van der Waals surface area (Å²) in [6, 6.07) is 9.23. The van der Waals surface area contributed by atoms with Gasteiger partial charge in [0.2, 0.25) is 5.91 Å². The Morgan fingerprint density at radius 3 is 2.10 bits per heavy atom. The maximum atomic E-state index is 12.5. The molecule has 0 spiro atoms. The van der Waals surface area contributed by atoms with Gasteiger partial charge < -0.3 is 14.8 Å². The highest BCUT2D eigenvalue weighted by atomic mass is 35.5. The first kappa shape index (κ1) is 34.1.